The summed E-state index contributed by atoms with van der Waals surface area (Å²) in [7, 11) is 1.65. The molecule has 124 valence electrons. The molecule has 9 heteroatoms. The zero-order valence-corrected chi connectivity index (χ0v) is 12.9. The Morgan fingerprint density at radius 3 is 2.80 bits per heavy atom. The fourth-order valence-electron chi connectivity index (χ4n) is 1.86. The number of H-pyrrole nitrogens is 1. The predicted molar refractivity (Wildman–Crippen MR) is 85.3 cm³/mol. The number of hydrogen-bond acceptors (Lipinski definition) is 6. The van der Waals surface area contributed by atoms with E-state index < -0.39 is 5.97 Å². The summed E-state index contributed by atoms with van der Waals surface area (Å²) in [5, 5.41) is 18.1. The third-order valence-corrected chi connectivity index (χ3v) is 3.10. The number of hydrogen-bond donors (Lipinski definition) is 2. The van der Waals surface area contributed by atoms with Crippen LogP contribution in [-0.4, -0.2) is 36.0 Å². The van der Waals surface area contributed by atoms with E-state index in [2.05, 4.69) is 32.2 Å². The summed E-state index contributed by atoms with van der Waals surface area (Å²) in [6, 6.07) is 6.26. The van der Waals surface area contributed by atoms with E-state index in [9.17, 15) is 9.59 Å². The lowest BCUT2D eigenvalue weighted by Crippen LogP contribution is -2.14. The van der Waals surface area contributed by atoms with Crippen LogP contribution in [0.3, 0.4) is 0 Å². The number of pyridine rings is 2. The summed E-state index contributed by atoms with van der Waals surface area (Å²) in [6.45, 7) is 0. The van der Waals surface area contributed by atoms with Crippen molar-refractivity contribution in [3.63, 3.8) is 0 Å². The summed E-state index contributed by atoms with van der Waals surface area (Å²) in [5.74, 6) is 4.68. The molecule has 0 bridgehead atoms. The van der Waals surface area contributed by atoms with Crippen molar-refractivity contribution in [1.29, 1.82) is 0 Å². The number of aromatic carboxylic acids is 1. The Morgan fingerprint density at radius 1 is 1.28 bits per heavy atom. The second-order valence-electron chi connectivity index (χ2n) is 4.90. The Morgan fingerprint density at radius 2 is 2.12 bits per heavy atom. The van der Waals surface area contributed by atoms with Crippen LogP contribution < -0.4 is 10.3 Å². The summed E-state index contributed by atoms with van der Waals surface area (Å²) in [4.78, 5) is 26.4. The van der Waals surface area contributed by atoms with Crippen LogP contribution in [0.15, 0.2) is 41.5 Å². The second-order valence-corrected chi connectivity index (χ2v) is 4.90. The maximum atomic E-state index is 11.3. The molecule has 3 rings (SSSR count). The van der Waals surface area contributed by atoms with Crippen molar-refractivity contribution in [3.8, 4) is 23.5 Å². The number of aromatic amines is 1. The average molecular weight is 337 g/mol. The molecule has 0 fully saturated rings. The Labute approximate surface area is 140 Å². The number of aromatic nitrogens is 5. The van der Waals surface area contributed by atoms with Gasteiger partial charge in [-0.2, -0.15) is 0 Å². The van der Waals surface area contributed by atoms with Gasteiger partial charge in [0.25, 0.3) is 5.88 Å². The standard InChI is InChI=1S/C16H11N5O4/c1-21-9-10(3-7-13(21)22)2-4-11-5-6-12(8-17-11)25-15-14(16(23)24)18-20-19-15/h3,5-9H,1H3,(H,23,24)(H,18,19,20). The molecule has 25 heavy (non-hydrogen) atoms. The van der Waals surface area contributed by atoms with Crippen molar-refractivity contribution in [2.45, 2.75) is 0 Å². The lowest BCUT2D eigenvalue weighted by molar-refractivity contribution is 0.0687. The SMILES string of the molecule is Cn1cc(C#Cc2ccc(Oc3nn[nH]c3C(=O)O)cn2)ccc1=O. The monoisotopic (exact) mass is 337 g/mol. The van der Waals surface area contributed by atoms with Crippen molar-refractivity contribution in [1.82, 2.24) is 25.0 Å². The van der Waals surface area contributed by atoms with Crippen molar-refractivity contribution in [2.75, 3.05) is 0 Å². The minimum Gasteiger partial charge on any atom is -0.476 e. The quantitative estimate of drug-likeness (QED) is 0.677. The van der Waals surface area contributed by atoms with Crippen LogP contribution in [0, 0.1) is 11.8 Å². The van der Waals surface area contributed by atoms with Gasteiger partial charge in [0.15, 0.2) is 0 Å². The minimum absolute atomic E-state index is 0.112. The number of nitrogens with zero attached hydrogens (tertiary/aromatic N) is 4. The van der Waals surface area contributed by atoms with Crippen molar-refractivity contribution >= 4 is 5.97 Å². The third kappa shape index (κ3) is 3.70. The van der Waals surface area contributed by atoms with Crippen molar-refractivity contribution in [3.05, 3.63) is 64.0 Å². The van der Waals surface area contributed by atoms with Gasteiger partial charge in [-0.3, -0.25) is 4.79 Å². The van der Waals surface area contributed by atoms with E-state index in [1.165, 1.54) is 16.8 Å². The van der Waals surface area contributed by atoms with Crippen molar-refractivity contribution < 1.29 is 14.6 Å². The first-order valence-electron chi connectivity index (χ1n) is 7.00. The van der Waals surface area contributed by atoms with E-state index in [0.717, 1.165) is 0 Å². The van der Waals surface area contributed by atoms with Crippen LogP contribution in [0.1, 0.15) is 21.7 Å². The number of nitrogens with one attached hydrogen (secondary N) is 1. The van der Waals surface area contributed by atoms with Gasteiger partial charge in [0.2, 0.25) is 11.3 Å². The van der Waals surface area contributed by atoms with Gasteiger partial charge in [0.1, 0.15) is 11.4 Å². The van der Waals surface area contributed by atoms with E-state index in [0.29, 0.717) is 17.0 Å². The molecule has 3 heterocycles. The highest BCUT2D eigenvalue weighted by molar-refractivity contribution is 5.87. The molecule has 0 atom stereocenters. The molecule has 0 aromatic carbocycles. The van der Waals surface area contributed by atoms with Gasteiger partial charge in [0.05, 0.1) is 6.20 Å². The van der Waals surface area contributed by atoms with Gasteiger partial charge in [-0.1, -0.05) is 16.2 Å². The molecule has 0 saturated heterocycles. The maximum absolute atomic E-state index is 11.3. The molecule has 2 N–H and O–H groups in total. The molecule has 0 aliphatic carbocycles. The lowest BCUT2D eigenvalue weighted by atomic mass is 10.2. The average Bonchev–Trinajstić information content (AvgIpc) is 3.06. The first-order chi connectivity index (χ1) is 12.0. The van der Waals surface area contributed by atoms with Gasteiger partial charge in [0, 0.05) is 24.9 Å². The molecule has 3 aromatic heterocycles. The fourth-order valence-corrected chi connectivity index (χ4v) is 1.86. The zero-order valence-electron chi connectivity index (χ0n) is 12.9. The largest absolute Gasteiger partial charge is 0.476 e. The van der Waals surface area contributed by atoms with Crippen LogP contribution in [-0.2, 0) is 7.05 Å². The molecule has 0 unspecified atom stereocenters. The van der Waals surface area contributed by atoms with Crippen LogP contribution >= 0.6 is 0 Å². The normalized spacial score (nSPS) is 9.96. The maximum Gasteiger partial charge on any atom is 0.359 e. The molecule has 0 radical (unpaired) electrons. The fraction of sp³-hybridized carbons (Fsp3) is 0.0625. The third-order valence-electron chi connectivity index (χ3n) is 3.10. The Bertz CT molecular complexity index is 1040. The Hall–Kier alpha value is -3.93. The first kappa shape index (κ1) is 15.9. The topological polar surface area (TPSA) is 123 Å². The van der Waals surface area contributed by atoms with Crippen LogP contribution in [0.2, 0.25) is 0 Å². The summed E-state index contributed by atoms with van der Waals surface area (Å²) in [5.41, 5.74) is 0.801. The lowest BCUT2D eigenvalue weighted by Gasteiger charge is -2.01. The number of carboxylic acids is 1. The van der Waals surface area contributed by atoms with Gasteiger partial charge >= 0.3 is 5.97 Å². The number of ether oxygens (including phenoxy) is 1. The van der Waals surface area contributed by atoms with Gasteiger partial charge in [-0.25, -0.2) is 14.9 Å². The van der Waals surface area contributed by atoms with E-state index >= 15 is 0 Å². The van der Waals surface area contributed by atoms with Gasteiger partial charge < -0.3 is 14.4 Å². The van der Waals surface area contributed by atoms with E-state index in [1.54, 1.807) is 31.4 Å². The van der Waals surface area contributed by atoms with Gasteiger partial charge in [-0.05, 0) is 24.1 Å². The van der Waals surface area contributed by atoms with E-state index in [-0.39, 0.29) is 17.1 Å². The van der Waals surface area contributed by atoms with Crippen LogP contribution in [0.4, 0.5) is 0 Å². The van der Waals surface area contributed by atoms with Gasteiger partial charge in [-0.15, -0.1) is 0 Å². The molecular weight excluding hydrogens is 326 g/mol. The molecule has 9 nitrogen and oxygen atoms in total. The number of aryl methyl sites for hydroxylation is 1. The summed E-state index contributed by atoms with van der Waals surface area (Å²) >= 11 is 0. The number of carbonyl (C=O) groups is 1. The molecular formula is C16H11N5O4. The Kier molecular flexibility index (Phi) is 4.26. The summed E-state index contributed by atoms with van der Waals surface area (Å²) in [6.07, 6.45) is 3.02. The highest BCUT2D eigenvalue weighted by Crippen LogP contribution is 2.20. The first-order valence-corrected chi connectivity index (χ1v) is 7.00. The van der Waals surface area contributed by atoms with Crippen LogP contribution in [0.5, 0.6) is 11.6 Å². The predicted octanol–water partition coefficient (Wildman–Crippen LogP) is 0.789. The second kappa shape index (κ2) is 6.67. The zero-order chi connectivity index (χ0) is 17.8. The van der Waals surface area contributed by atoms with E-state index in [1.807, 2.05) is 0 Å². The molecule has 0 amide bonds. The molecule has 0 aliphatic rings. The molecule has 0 aliphatic heterocycles. The molecule has 3 aromatic rings. The number of rotatable bonds is 3. The number of carboxylic acid groups (broad SMARTS) is 1. The minimum atomic E-state index is -1.23. The molecule has 0 saturated carbocycles. The Balaban J connectivity index is 1.75. The van der Waals surface area contributed by atoms with Crippen LogP contribution in [0.25, 0.3) is 0 Å². The molecule has 0 spiro atoms. The van der Waals surface area contributed by atoms with E-state index in [4.69, 9.17) is 9.84 Å². The summed E-state index contributed by atoms with van der Waals surface area (Å²) < 4.78 is 6.76. The smallest absolute Gasteiger partial charge is 0.359 e. The highest BCUT2D eigenvalue weighted by atomic mass is 16.5. The van der Waals surface area contributed by atoms with Crippen molar-refractivity contribution in [2.24, 2.45) is 7.05 Å². The highest BCUT2D eigenvalue weighted by Gasteiger charge is 2.16.